The van der Waals surface area contributed by atoms with E-state index in [1.165, 1.54) is 5.56 Å². The molecule has 1 aromatic heterocycles. The van der Waals surface area contributed by atoms with Gasteiger partial charge in [-0.05, 0) is 30.2 Å². The molecule has 0 aliphatic rings. The molecule has 0 fully saturated rings. The third kappa shape index (κ3) is 2.80. The van der Waals surface area contributed by atoms with Crippen molar-refractivity contribution in [2.75, 3.05) is 0 Å². The third-order valence-corrected chi connectivity index (χ3v) is 4.16. The summed E-state index contributed by atoms with van der Waals surface area (Å²) < 4.78 is 0. The molecule has 1 heterocycles. The van der Waals surface area contributed by atoms with Crippen molar-refractivity contribution in [1.82, 2.24) is 4.98 Å². The van der Waals surface area contributed by atoms with E-state index in [1.54, 1.807) is 18.0 Å². The summed E-state index contributed by atoms with van der Waals surface area (Å²) in [6, 6.07) is 9.79. The lowest BCUT2D eigenvalue weighted by atomic mass is 10.1. The summed E-state index contributed by atoms with van der Waals surface area (Å²) in [5.41, 5.74) is 8.06. The van der Waals surface area contributed by atoms with Crippen LogP contribution in [0.25, 0.3) is 0 Å². The van der Waals surface area contributed by atoms with E-state index in [4.69, 9.17) is 17.3 Å². The van der Waals surface area contributed by atoms with Crippen molar-refractivity contribution in [2.24, 2.45) is 5.73 Å². The lowest BCUT2D eigenvalue weighted by Gasteiger charge is -2.10. The third-order valence-electron chi connectivity index (χ3n) is 2.44. The van der Waals surface area contributed by atoms with Gasteiger partial charge in [-0.2, -0.15) is 0 Å². The molecule has 2 rings (SSSR count). The van der Waals surface area contributed by atoms with Crippen LogP contribution in [0.5, 0.6) is 0 Å². The van der Waals surface area contributed by atoms with Crippen LogP contribution >= 0.6 is 23.4 Å². The SMILES string of the molecule is Cc1cccc(CN)c1Sc1ncccc1Cl. The minimum absolute atomic E-state index is 0.522. The molecule has 2 aromatic rings. The first kappa shape index (κ1) is 12.4. The highest BCUT2D eigenvalue weighted by atomic mass is 35.5. The first-order chi connectivity index (χ1) is 8.22. The second-order valence-corrected chi connectivity index (χ2v) is 5.07. The molecule has 0 amide bonds. The average molecular weight is 265 g/mol. The monoisotopic (exact) mass is 264 g/mol. The van der Waals surface area contributed by atoms with E-state index in [0.29, 0.717) is 11.6 Å². The maximum Gasteiger partial charge on any atom is 0.119 e. The van der Waals surface area contributed by atoms with Gasteiger partial charge in [0, 0.05) is 17.6 Å². The Hall–Kier alpha value is -1.03. The fourth-order valence-corrected chi connectivity index (χ4v) is 2.78. The van der Waals surface area contributed by atoms with Crippen LogP contribution in [0.1, 0.15) is 11.1 Å². The summed E-state index contributed by atoms with van der Waals surface area (Å²) in [5.74, 6) is 0. The van der Waals surface area contributed by atoms with E-state index in [9.17, 15) is 0 Å². The molecule has 4 heteroatoms. The Morgan fingerprint density at radius 3 is 2.82 bits per heavy atom. The predicted molar refractivity (Wildman–Crippen MR) is 72.4 cm³/mol. The lowest BCUT2D eigenvalue weighted by molar-refractivity contribution is 1.01. The molecule has 2 N–H and O–H groups in total. The highest BCUT2D eigenvalue weighted by molar-refractivity contribution is 7.99. The van der Waals surface area contributed by atoms with E-state index < -0.39 is 0 Å². The normalized spacial score (nSPS) is 10.5. The zero-order valence-corrected chi connectivity index (χ0v) is 11.1. The van der Waals surface area contributed by atoms with E-state index in [1.807, 2.05) is 24.3 Å². The number of rotatable bonds is 3. The molecule has 0 saturated carbocycles. The van der Waals surface area contributed by atoms with Crippen molar-refractivity contribution in [3.63, 3.8) is 0 Å². The van der Waals surface area contributed by atoms with Gasteiger partial charge in [0.2, 0.25) is 0 Å². The molecule has 0 spiro atoms. The Balaban J connectivity index is 2.39. The zero-order chi connectivity index (χ0) is 12.3. The molecule has 2 nitrogen and oxygen atoms in total. The minimum Gasteiger partial charge on any atom is -0.326 e. The molecule has 0 atom stereocenters. The number of halogens is 1. The Morgan fingerprint density at radius 1 is 1.29 bits per heavy atom. The highest BCUT2D eigenvalue weighted by Gasteiger charge is 2.09. The van der Waals surface area contributed by atoms with Gasteiger partial charge < -0.3 is 5.73 Å². The van der Waals surface area contributed by atoms with Gasteiger partial charge in [0.15, 0.2) is 0 Å². The summed E-state index contributed by atoms with van der Waals surface area (Å²) in [7, 11) is 0. The summed E-state index contributed by atoms with van der Waals surface area (Å²) in [4.78, 5) is 5.43. The Morgan fingerprint density at radius 2 is 2.12 bits per heavy atom. The number of pyridine rings is 1. The second kappa shape index (κ2) is 5.54. The minimum atomic E-state index is 0.522. The number of hydrogen-bond acceptors (Lipinski definition) is 3. The van der Waals surface area contributed by atoms with Crippen LogP contribution in [0.2, 0.25) is 5.02 Å². The standard InChI is InChI=1S/C13H13ClN2S/c1-9-4-2-5-10(8-15)12(9)17-13-11(14)6-3-7-16-13/h2-7H,8,15H2,1H3. The Kier molecular flexibility index (Phi) is 4.05. The van der Waals surface area contributed by atoms with Gasteiger partial charge >= 0.3 is 0 Å². The van der Waals surface area contributed by atoms with Crippen LogP contribution in [0, 0.1) is 6.92 Å². The molecular weight excluding hydrogens is 252 g/mol. The molecule has 17 heavy (non-hydrogen) atoms. The van der Waals surface area contributed by atoms with E-state index in [-0.39, 0.29) is 0 Å². The summed E-state index contributed by atoms with van der Waals surface area (Å²) in [6.45, 7) is 2.59. The van der Waals surface area contributed by atoms with Crippen LogP contribution in [0.4, 0.5) is 0 Å². The molecule has 0 unspecified atom stereocenters. The second-order valence-electron chi connectivity index (χ2n) is 3.66. The van der Waals surface area contributed by atoms with E-state index in [0.717, 1.165) is 15.5 Å². The van der Waals surface area contributed by atoms with Crippen LogP contribution in [0.15, 0.2) is 46.5 Å². The first-order valence-corrected chi connectivity index (χ1v) is 6.48. The molecule has 0 aliphatic carbocycles. The smallest absolute Gasteiger partial charge is 0.119 e. The first-order valence-electron chi connectivity index (χ1n) is 5.29. The Bertz CT molecular complexity index is 529. The number of nitrogens with zero attached hydrogens (tertiary/aromatic N) is 1. The quantitative estimate of drug-likeness (QED) is 0.920. The highest BCUT2D eigenvalue weighted by Crippen LogP contribution is 2.35. The van der Waals surface area contributed by atoms with Crippen molar-refractivity contribution in [1.29, 1.82) is 0 Å². The van der Waals surface area contributed by atoms with Gasteiger partial charge in [0.05, 0.1) is 5.02 Å². The molecule has 0 radical (unpaired) electrons. The van der Waals surface area contributed by atoms with Crippen molar-refractivity contribution in [3.8, 4) is 0 Å². The Labute approximate surface area is 110 Å². The number of aryl methyl sites for hydroxylation is 1. The van der Waals surface area contributed by atoms with Crippen LogP contribution in [0.3, 0.4) is 0 Å². The topological polar surface area (TPSA) is 38.9 Å². The fraction of sp³-hybridized carbons (Fsp3) is 0.154. The molecular formula is C13H13ClN2S. The maximum absolute atomic E-state index is 6.11. The van der Waals surface area contributed by atoms with Gasteiger partial charge in [0.1, 0.15) is 5.03 Å². The molecule has 0 aliphatic heterocycles. The predicted octanol–water partition coefficient (Wildman–Crippen LogP) is 3.65. The van der Waals surface area contributed by atoms with Crippen molar-refractivity contribution in [2.45, 2.75) is 23.4 Å². The number of benzene rings is 1. The summed E-state index contributed by atoms with van der Waals surface area (Å²) in [6.07, 6.45) is 1.74. The van der Waals surface area contributed by atoms with Crippen molar-refractivity contribution >= 4 is 23.4 Å². The molecule has 0 bridgehead atoms. The van der Waals surface area contributed by atoms with Gasteiger partial charge in [-0.3, -0.25) is 0 Å². The lowest BCUT2D eigenvalue weighted by Crippen LogP contribution is -1.99. The van der Waals surface area contributed by atoms with Crippen molar-refractivity contribution < 1.29 is 0 Å². The average Bonchev–Trinajstić information content (AvgIpc) is 2.34. The zero-order valence-electron chi connectivity index (χ0n) is 9.48. The van der Waals surface area contributed by atoms with Crippen molar-refractivity contribution in [3.05, 3.63) is 52.7 Å². The van der Waals surface area contributed by atoms with Gasteiger partial charge in [0.25, 0.3) is 0 Å². The largest absolute Gasteiger partial charge is 0.326 e. The maximum atomic E-state index is 6.11. The number of aromatic nitrogens is 1. The van der Waals surface area contributed by atoms with Crippen LogP contribution in [-0.2, 0) is 6.54 Å². The van der Waals surface area contributed by atoms with E-state index >= 15 is 0 Å². The van der Waals surface area contributed by atoms with E-state index in [2.05, 4.69) is 18.0 Å². The van der Waals surface area contributed by atoms with Gasteiger partial charge in [-0.1, -0.05) is 41.6 Å². The van der Waals surface area contributed by atoms with Crippen LogP contribution < -0.4 is 5.73 Å². The summed E-state index contributed by atoms with van der Waals surface area (Å²) in [5, 5.41) is 1.49. The number of hydrogen-bond donors (Lipinski definition) is 1. The fourth-order valence-electron chi connectivity index (χ4n) is 1.56. The molecule has 0 saturated heterocycles. The number of nitrogens with two attached hydrogens (primary N) is 1. The van der Waals surface area contributed by atoms with Crippen LogP contribution in [-0.4, -0.2) is 4.98 Å². The van der Waals surface area contributed by atoms with Gasteiger partial charge in [-0.25, -0.2) is 4.98 Å². The molecule has 1 aromatic carbocycles. The molecule has 88 valence electrons. The summed E-state index contributed by atoms with van der Waals surface area (Å²) >= 11 is 7.68. The van der Waals surface area contributed by atoms with Gasteiger partial charge in [-0.15, -0.1) is 0 Å².